The monoisotopic (exact) mass is 300 g/mol. The Bertz CT molecular complexity index is 837. The second-order valence-corrected chi connectivity index (χ2v) is 6.27. The van der Waals surface area contributed by atoms with Crippen LogP contribution in [-0.2, 0) is 0 Å². The summed E-state index contributed by atoms with van der Waals surface area (Å²) >= 11 is 0. The Morgan fingerprint density at radius 2 is 1.96 bits per heavy atom. The van der Waals surface area contributed by atoms with E-state index in [4.69, 9.17) is 4.42 Å². The topological polar surface area (TPSA) is 13.1 Å². The van der Waals surface area contributed by atoms with Gasteiger partial charge in [0.1, 0.15) is 5.58 Å². The minimum absolute atomic E-state index is 0.282. The Balaban J connectivity index is 1.64. The maximum absolute atomic E-state index is 5.75. The summed E-state index contributed by atoms with van der Waals surface area (Å²) in [6, 6.07) is 8.31. The second kappa shape index (κ2) is 6.34. The molecule has 0 saturated heterocycles. The van der Waals surface area contributed by atoms with Crippen molar-refractivity contribution in [2.75, 3.05) is 0 Å². The first-order valence-corrected chi connectivity index (χ1v) is 8.39. The predicted octanol–water partition coefficient (Wildman–Crippen LogP) is 5.62. The summed E-state index contributed by atoms with van der Waals surface area (Å²) in [5.41, 5.74) is 2.28. The summed E-state index contributed by atoms with van der Waals surface area (Å²) in [4.78, 5) is 0. The predicted molar refractivity (Wildman–Crippen MR) is 95.0 cm³/mol. The first kappa shape index (κ1) is 14.2. The first-order chi connectivity index (χ1) is 11.4. The van der Waals surface area contributed by atoms with Crippen molar-refractivity contribution in [3.63, 3.8) is 0 Å². The van der Waals surface area contributed by atoms with Gasteiger partial charge in [-0.25, -0.2) is 0 Å². The molecule has 0 saturated carbocycles. The lowest BCUT2D eigenvalue weighted by Crippen LogP contribution is -2.12. The molecule has 1 heterocycles. The van der Waals surface area contributed by atoms with Crippen molar-refractivity contribution in [3.8, 4) is 11.8 Å². The Kier molecular flexibility index (Phi) is 3.90. The molecule has 0 aliphatic heterocycles. The van der Waals surface area contributed by atoms with Gasteiger partial charge in [-0.2, -0.15) is 0 Å². The van der Waals surface area contributed by atoms with E-state index in [0.717, 1.165) is 24.8 Å². The molecule has 4 rings (SSSR count). The molecule has 1 nitrogen and oxygen atoms in total. The molecule has 3 unspecified atom stereocenters. The van der Waals surface area contributed by atoms with E-state index in [-0.39, 0.29) is 5.92 Å². The van der Waals surface area contributed by atoms with Crippen LogP contribution in [0, 0.1) is 23.7 Å². The van der Waals surface area contributed by atoms with Gasteiger partial charge in [-0.05, 0) is 25.3 Å². The minimum atomic E-state index is 0.282. The van der Waals surface area contributed by atoms with Gasteiger partial charge in [0.15, 0.2) is 0 Å². The van der Waals surface area contributed by atoms with Crippen molar-refractivity contribution < 1.29 is 4.42 Å². The zero-order chi connectivity index (χ0) is 15.5. The number of allylic oxidation sites excluding steroid dienone is 6. The molecule has 3 atom stereocenters. The molecule has 0 fully saturated rings. The van der Waals surface area contributed by atoms with Crippen molar-refractivity contribution in [1.29, 1.82) is 0 Å². The smallest absolute Gasteiger partial charge is 0.134 e. The summed E-state index contributed by atoms with van der Waals surface area (Å²) < 4.78 is 5.75. The summed E-state index contributed by atoms with van der Waals surface area (Å²) in [6.45, 7) is 0. The van der Waals surface area contributed by atoms with Gasteiger partial charge in [0.05, 0.1) is 6.26 Å². The van der Waals surface area contributed by atoms with Crippen molar-refractivity contribution in [3.05, 3.63) is 72.5 Å². The maximum Gasteiger partial charge on any atom is 0.134 e. The number of rotatable bonds is 1. The van der Waals surface area contributed by atoms with E-state index >= 15 is 0 Å². The molecule has 1 heteroatoms. The van der Waals surface area contributed by atoms with Crippen LogP contribution in [0.5, 0.6) is 0 Å². The van der Waals surface area contributed by atoms with Crippen LogP contribution in [-0.4, -0.2) is 0 Å². The molecule has 2 aromatic rings. The average Bonchev–Trinajstić information content (AvgIpc) is 3.05. The molecular weight excluding hydrogens is 280 g/mol. The zero-order valence-corrected chi connectivity index (χ0v) is 13.1. The van der Waals surface area contributed by atoms with E-state index in [0.29, 0.717) is 11.8 Å². The van der Waals surface area contributed by atoms with Crippen molar-refractivity contribution >= 4 is 11.0 Å². The molecule has 0 radical (unpaired) electrons. The number of fused-ring (bicyclic) bond motifs is 1. The molecular formula is C22H20O. The summed E-state index contributed by atoms with van der Waals surface area (Å²) in [5.74, 6) is 8.06. The normalized spacial score (nSPS) is 26.2. The molecule has 0 bridgehead atoms. The molecule has 0 N–H and O–H groups in total. The average molecular weight is 300 g/mol. The molecule has 0 amide bonds. The molecule has 23 heavy (non-hydrogen) atoms. The Hall–Kier alpha value is -2.46. The highest BCUT2D eigenvalue weighted by molar-refractivity contribution is 5.81. The highest BCUT2D eigenvalue weighted by Gasteiger charge is 2.25. The van der Waals surface area contributed by atoms with Crippen LogP contribution in [0.15, 0.2) is 71.4 Å². The molecule has 1 aromatic heterocycles. The number of hydrogen-bond donors (Lipinski definition) is 0. The highest BCUT2D eigenvalue weighted by Crippen LogP contribution is 2.38. The van der Waals surface area contributed by atoms with Crippen LogP contribution in [0.2, 0.25) is 0 Å². The molecule has 114 valence electrons. The van der Waals surface area contributed by atoms with Crippen LogP contribution >= 0.6 is 0 Å². The fourth-order valence-electron chi connectivity index (χ4n) is 3.51. The van der Waals surface area contributed by atoms with E-state index in [1.54, 1.807) is 0 Å². The van der Waals surface area contributed by atoms with Gasteiger partial charge < -0.3 is 4.42 Å². The van der Waals surface area contributed by atoms with Gasteiger partial charge >= 0.3 is 0 Å². The Morgan fingerprint density at radius 3 is 2.87 bits per heavy atom. The SMILES string of the molecule is C(#CC1C=CCCC1c1coc2ccccc12)C1C=CC=CC1. The second-order valence-electron chi connectivity index (χ2n) is 6.27. The summed E-state index contributed by atoms with van der Waals surface area (Å²) in [7, 11) is 0. The van der Waals surface area contributed by atoms with Gasteiger partial charge in [0.25, 0.3) is 0 Å². The van der Waals surface area contributed by atoms with Gasteiger partial charge in [-0.15, -0.1) is 0 Å². The number of benzene rings is 1. The highest BCUT2D eigenvalue weighted by atomic mass is 16.3. The van der Waals surface area contributed by atoms with Gasteiger partial charge in [0.2, 0.25) is 0 Å². The van der Waals surface area contributed by atoms with Crippen LogP contribution in [0.1, 0.15) is 30.7 Å². The van der Waals surface area contributed by atoms with E-state index in [2.05, 4.69) is 60.4 Å². The van der Waals surface area contributed by atoms with Crippen LogP contribution < -0.4 is 0 Å². The molecule has 2 aliphatic carbocycles. The van der Waals surface area contributed by atoms with E-state index in [1.807, 2.05) is 18.4 Å². The van der Waals surface area contributed by atoms with Crippen LogP contribution in [0.3, 0.4) is 0 Å². The fraction of sp³-hybridized carbons (Fsp3) is 0.273. The number of hydrogen-bond acceptors (Lipinski definition) is 1. The largest absolute Gasteiger partial charge is 0.464 e. The van der Waals surface area contributed by atoms with E-state index in [1.165, 1.54) is 10.9 Å². The van der Waals surface area contributed by atoms with Gasteiger partial charge in [0, 0.05) is 28.7 Å². The lowest BCUT2D eigenvalue weighted by atomic mass is 9.79. The summed E-state index contributed by atoms with van der Waals surface area (Å²) in [5, 5.41) is 1.24. The number of furan rings is 1. The Morgan fingerprint density at radius 1 is 1.00 bits per heavy atom. The molecule has 1 aromatic carbocycles. The third-order valence-electron chi connectivity index (χ3n) is 4.75. The lowest BCUT2D eigenvalue weighted by molar-refractivity contribution is 0.528. The molecule has 2 aliphatic rings. The Labute approximate surface area is 137 Å². The first-order valence-electron chi connectivity index (χ1n) is 8.39. The standard InChI is InChI=1S/C22H20O/c1-2-8-17(9-3-1)14-15-18-10-4-5-11-19(18)21-16-23-22-13-7-6-12-20(21)22/h1-4,6-8,10,12-13,16-19H,5,9,11H2. The van der Waals surface area contributed by atoms with Crippen LogP contribution in [0.4, 0.5) is 0 Å². The van der Waals surface area contributed by atoms with Crippen molar-refractivity contribution in [1.82, 2.24) is 0 Å². The number of para-hydroxylation sites is 1. The van der Waals surface area contributed by atoms with Crippen LogP contribution in [0.25, 0.3) is 11.0 Å². The van der Waals surface area contributed by atoms with Crippen molar-refractivity contribution in [2.45, 2.75) is 25.2 Å². The maximum atomic E-state index is 5.75. The van der Waals surface area contributed by atoms with Gasteiger partial charge in [-0.1, -0.05) is 66.5 Å². The van der Waals surface area contributed by atoms with E-state index in [9.17, 15) is 0 Å². The zero-order valence-electron chi connectivity index (χ0n) is 13.1. The lowest BCUT2D eigenvalue weighted by Gasteiger charge is -2.23. The van der Waals surface area contributed by atoms with E-state index < -0.39 is 0 Å². The fourth-order valence-corrected chi connectivity index (χ4v) is 3.51. The third kappa shape index (κ3) is 2.90. The van der Waals surface area contributed by atoms with Gasteiger partial charge in [-0.3, -0.25) is 0 Å². The quantitative estimate of drug-likeness (QED) is 0.492. The minimum Gasteiger partial charge on any atom is -0.464 e. The van der Waals surface area contributed by atoms with Crippen molar-refractivity contribution in [2.24, 2.45) is 11.8 Å². The third-order valence-corrected chi connectivity index (χ3v) is 4.75. The molecule has 0 spiro atoms. The summed E-state index contributed by atoms with van der Waals surface area (Å²) in [6.07, 6.45) is 18.4.